The van der Waals surface area contributed by atoms with Gasteiger partial charge in [-0.25, -0.2) is 0 Å². The predicted octanol–water partition coefficient (Wildman–Crippen LogP) is 3.14. The fourth-order valence-corrected chi connectivity index (χ4v) is 3.63. The third kappa shape index (κ3) is 2.73. The molecule has 4 heteroatoms. The molecule has 2 atom stereocenters. The molecule has 1 saturated carbocycles. The van der Waals surface area contributed by atoms with Crippen LogP contribution in [0.2, 0.25) is 0 Å². The molecule has 18 heavy (non-hydrogen) atoms. The normalized spacial score (nSPS) is 31.1. The number of Topliss-reactive ketones (excluding diaryl/α,β-unsaturated/α-hetero) is 1. The molecule has 0 aromatic carbocycles. The second kappa shape index (κ2) is 6.36. The summed E-state index contributed by atoms with van der Waals surface area (Å²) in [6, 6.07) is 0. The summed E-state index contributed by atoms with van der Waals surface area (Å²) < 4.78 is 11.7. The molecular formula is C14H23ClO3. The number of hydrogen-bond donors (Lipinski definition) is 0. The van der Waals surface area contributed by atoms with Gasteiger partial charge in [-0.3, -0.25) is 4.79 Å². The maximum absolute atomic E-state index is 12.2. The van der Waals surface area contributed by atoms with Crippen LogP contribution in [0.3, 0.4) is 0 Å². The predicted molar refractivity (Wildman–Crippen MR) is 70.7 cm³/mol. The summed E-state index contributed by atoms with van der Waals surface area (Å²) in [4.78, 5) is 12.2. The minimum atomic E-state index is -0.464. The van der Waals surface area contributed by atoms with Crippen LogP contribution in [-0.4, -0.2) is 30.7 Å². The van der Waals surface area contributed by atoms with Crippen molar-refractivity contribution in [3.8, 4) is 0 Å². The molecule has 1 aliphatic heterocycles. The zero-order chi connectivity index (χ0) is 13.0. The number of alkyl halides is 1. The van der Waals surface area contributed by atoms with Gasteiger partial charge in [-0.05, 0) is 19.3 Å². The highest BCUT2D eigenvalue weighted by Gasteiger charge is 2.51. The Labute approximate surface area is 114 Å². The molecule has 0 N–H and O–H groups in total. The van der Waals surface area contributed by atoms with Gasteiger partial charge in [0.15, 0.2) is 5.79 Å². The van der Waals surface area contributed by atoms with E-state index in [0.29, 0.717) is 31.3 Å². The van der Waals surface area contributed by atoms with Gasteiger partial charge in [0, 0.05) is 30.6 Å². The van der Waals surface area contributed by atoms with Gasteiger partial charge in [-0.15, -0.1) is 11.6 Å². The number of ketones is 1. The van der Waals surface area contributed by atoms with Crippen LogP contribution in [0.1, 0.15) is 45.4 Å². The lowest BCUT2D eigenvalue weighted by Crippen LogP contribution is -2.49. The SMILES string of the molecule is CC[C@@H]1[C@@H](CCCCCl)C(=O)CCC12OCCO2. The Balaban J connectivity index is 2.06. The Morgan fingerprint density at radius 1 is 1.33 bits per heavy atom. The van der Waals surface area contributed by atoms with Crippen molar-refractivity contribution < 1.29 is 14.3 Å². The van der Waals surface area contributed by atoms with Gasteiger partial charge in [0.25, 0.3) is 0 Å². The summed E-state index contributed by atoms with van der Waals surface area (Å²) in [5.74, 6) is 0.923. The molecule has 0 amide bonds. The molecule has 0 unspecified atom stereocenters. The number of ether oxygens (including phenoxy) is 2. The molecule has 0 bridgehead atoms. The summed E-state index contributed by atoms with van der Waals surface area (Å²) in [5, 5.41) is 0. The van der Waals surface area contributed by atoms with Crippen LogP contribution in [0.15, 0.2) is 0 Å². The van der Waals surface area contributed by atoms with Crippen molar-refractivity contribution in [1.82, 2.24) is 0 Å². The highest BCUT2D eigenvalue weighted by atomic mass is 35.5. The van der Waals surface area contributed by atoms with E-state index in [9.17, 15) is 4.79 Å². The lowest BCUT2D eigenvalue weighted by molar-refractivity contribution is -0.224. The quantitative estimate of drug-likeness (QED) is 0.571. The Bertz CT molecular complexity index is 287. The van der Waals surface area contributed by atoms with Gasteiger partial charge in [-0.2, -0.15) is 0 Å². The Morgan fingerprint density at radius 3 is 2.67 bits per heavy atom. The molecular weight excluding hydrogens is 252 g/mol. The first-order chi connectivity index (χ1) is 8.73. The fourth-order valence-electron chi connectivity index (χ4n) is 3.44. The van der Waals surface area contributed by atoms with Gasteiger partial charge in [0.1, 0.15) is 5.78 Å². The molecule has 1 heterocycles. The van der Waals surface area contributed by atoms with Gasteiger partial charge in [-0.1, -0.05) is 13.3 Å². The zero-order valence-electron chi connectivity index (χ0n) is 11.1. The van der Waals surface area contributed by atoms with Crippen molar-refractivity contribution in [2.45, 2.75) is 51.2 Å². The van der Waals surface area contributed by atoms with Gasteiger partial charge >= 0.3 is 0 Å². The van der Waals surface area contributed by atoms with Gasteiger partial charge in [0.2, 0.25) is 0 Å². The van der Waals surface area contributed by atoms with Crippen LogP contribution in [0, 0.1) is 11.8 Å². The number of unbranched alkanes of at least 4 members (excludes halogenated alkanes) is 1. The number of halogens is 1. The maximum Gasteiger partial charge on any atom is 0.172 e. The minimum absolute atomic E-state index is 0.102. The van der Waals surface area contributed by atoms with Crippen molar-refractivity contribution in [2.24, 2.45) is 11.8 Å². The summed E-state index contributed by atoms with van der Waals surface area (Å²) >= 11 is 5.71. The average molecular weight is 275 g/mol. The molecule has 1 saturated heterocycles. The van der Waals surface area contributed by atoms with Crippen LogP contribution >= 0.6 is 11.6 Å². The van der Waals surface area contributed by atoms with Crippen molar-refractivity contribution in [3.05, 3.63) is 0 Å². The number of carbonyl (C=O) groups excluding carboxylic acids is 1. The van der Waals surface area contributed by atoms with E-state index in [2.05, 4.69) is 6.92 Å². The summed E-state index contributed by atoms with van der Waals surface area (Å²) in [6.07, 6.45) is 5.21. The Morgan fingerprint density at radius 2 is 2.06 bits per heavy atom. The Kier molecular flexibility index (Phi) is 5.05. The molecule has 3 nitrogen and oxygen atoms in total. The second-order valence-electron chi connectivity index (χ2n) is 5.28. The first kappa shape index (κ1) is 14.3. The fraction of sp³-hybridized carbons (Fsp3) is 0.929. The monoisotopic (exact) mass is 274 g/mol. The van der Waals surface area contributed by atoms with Crippen molar-refractivity contribution in [1.29, 1.82) is 0 Å². The number of rotatable bonds is 5. The van der Waals surface area contributed by atoms with E-state index in [-0.39, 0.29) is 11.8 Å². The topological polar surface area (TPSA) is 35.5 Å². The Hall–Kier alpha value is -0.120. The first-order valence-electron chi connectivity index (χ1n) is 7.10. The number of hydrogen-bond acceptors (Lipinski definition) is 3. The van der Waals surface area contributed by atoms with Gasteiger partial charge in [0.05, 0.1) is 13.2 Å². The molecule has 1 spiro atoms. The lowest BCUT2D eigenvalue weighted by atomic mass is 9.70. The third-order valence-electron chi connectivity index (χ3n) is 4.30. The van der Waals surface area contributed by atoms with Crippen molar-refractivity contribution in [3.63, 3.8) is 0 Å². The third-order valence-corrected chi connectivity index (χ3v) is 4.57. The van der Waals surface area contributed by atoms with E-state index in [1.165, 1.54) is 0 Å². The highest BCUT2D eigenvalue weighted by molar-refractivity contribution is 6.17. The smallest absolute Gasteiger partial charge is 0.172 e. The minimum Gasteiger partial charge on any atom is -0.347 e. The van der Waals surface area contributed by atoms with Crippen LogP contribution in [0.4, 0.5) is 0 Å². The lowest BCUT2D eigenvalue weighted by Gasteiger charge is -2.43. The molecule has 1 aliphatic carbocycles. The standard InChI is InChI=1S/C14H23ClO3/c1-2-12-11(5-3-4-8-15)13(16)6-7-14(12)17-9-10-18-14/h11-12H,2-10H2,1H3/t11-,12-/m1/s1. The van der Waals surface area contributed by atoms with E-state index in [1.54, 1.807) is 0 Å². The van der Waals surface area contributed by atoms with Crippen molar-refractivity contribution >= 4 is 17.4 Å². The second-order valence-corrected chi connectivity index (χ2v) is 5.66. The zero-order valence-corrected chi connectivity index (χ0v) is 11.9. The summed E-state index contributed by atoms with van der Waals surface area (Å²) in [7, 11) is 0. The first-order valence-corrected chi connectivity index (χ1v) is 7.63. The van der Waals surface area contributed by atoms with E-state index >= 15 is 0 Å². The van der Waals surface area contributed by atoms with Crippen LogP contribution in [0.5, 0.6) is 0 Å². The van der Waals surface area contributed by atoms with Crippen molar-refractivity contribution in [2.75, 3.05) is 19.1 Å². The molecule has 2 rings (SSSR count). The summed E-state index contributed by atoms with van der Waals surface area (Å²) in [5.41, 5.74) is 0. The average Bonchev–Trinajstić information content (AvgIpc) is 2.84. The van der Waals surface area contributed by atoms with E-state index in [0.717, 1.165) is 32.1 Å². The van der Waals surface area contributed by atoms with E-state index in [4.69, 9.17) is 21.1 Å². The molecule has 2 aliphatic rings. The number of carbonyl (C=O) groups is 1. The van der Waals surface area contributed by atoms with E-state index < -0.39 is 5.79 Å². The highest BCUT2D eigenvalue weighted by Crippen LogP contribution is 2.45. The van der Waals surface area contributed by atoms with Crippen LogP contribution in [-0.2, 0) is 14.3 Å². The maximum atomic E-state index is 12.2. The summed E-state index contributed by atoms with van der Waals surface area (Å²) in [6.45, 7) is 3.46. The molecule has 0 radical (unpaired) electrons. The molecule has 0 aromatic heterocycles. The van der Waals surface area contributed by atoms with Crippen LogP contribution < -0.4 is 0 Å². The largest absolute Gasteiger partial charge is 0.347 e. The molecule has 0 aromatic rings. The molecule has 2 fully saturated rings. The van der Waals surface area contributed by atoms with Crippen LogP contribution in [0.25, 0.3) is 0 Å². The molecule has 104 valence electrons. The van der Waals surface area contributed by atoms with E-state index in [1.807, 2.05) is 0 Å². The van der Waals surface area contributed by atoms with Gasteiger partial charge < -0.3 is 9.47 Å².